The molecule has 2 aromatic heterocycles. The van der Waals surface area contributed by atoms with E-state index in [1.54, 1.807) is 0 Å². The summed E-state index contributed by atoms with van der Waals surface area (Å²) in [6.45, 7) is 0.897. The SMILES string of the molecule is OCCCNc1nc(Cc2ccc(Cl)cc2)nc2sc3c(c12)CCCC3. The van der Waals surface area contributed by atoms with Crippen molar-refractivity contribution >= 4 is 39.0 Å². The van der Waals surface area contributed by atoms with Crippen LogP contribution in [0.2, 0.25) is 5.02 Å². The number of nitrogens with zero attached hydrogens (tertiary/aromatic N) is 2. The highest BCUT2D eigenvalue weighted by Crippen LogP contribution is 2.38. The van der Waals surface area contributed by atoms with Crippen molar-refractivity contribution < 1.29 is 5.11 Å². The number of hydrogen-bond acceptors (Lipinski definition) is 5. The number of anilines is 1. The summed E-state index contributed by atoms with van der Waals surface area (Å²) in [5.41, 5.74) is 2.58. The first-order valence-corrected chi connectivity index (χ1v) is 10.3. The van der Waals surface area contributed by atoms with E-state index in [9.17, 15) is 0 Å². The van der Waals surface area contributed by atoms with Crippen molar-refractivity contribution in [2.45, 2.75) is 38.5 Å². The first kappa shape index (κ1) is 17.7. The summed E-state index contributed by atoms with van der Waals surface area (Å²) in [5.74, 6) is 1.75. The fraction of sp³-hybridized carbons (Fsp3) is 0.400. The van der Waals surface area contributed by atoms with E-state index in [1.165, 1.54) is 28.7 Å². The normalized spacial score (nSPS) is 13.8. The number of nitrogens with one attached hydrogen (secondary N) is 1. The Balaban J connectivity index is 1.72. The van der Waals surface area contributed by atoms with Crippen LogP contribution in [-0.2, 0) is 19.3 Å². The van der Waals surface area contributed by atoms with Crippen LogP contribution in [0.15, 0.2) is 24.3 Å². The Kier molecular flexibility index (Phi) is 5.38. The number of aliphatic hydroxyl groups is 1. The lowest BCUT2D eigenvalue weighted by Crippen LogP contribution is -2.09. The standard InChI is InChI=1S/C20H22ClN3OS/c21-14-8-6-13(7-9-14)12-17-23-19(22-10-3-11-25)18-15-4-1-2-5-16(15)26-20(18)24-17/h6-9,25H,1-5,10-12H2,(H,22,23,24). The van der Waals surface area contributed by atoms with E-state index in [-0.39, 0.29) is 6.61 Å². The van der Waals surface area contributed by atoms with Gasteiger partial charge >= 0.3 is 0 Å². The van der Waals surface area contributed by atoms with Gasteiger partial charge in [0.15, 0.2) is 0 Å². The molecule has 4 rings (SSSR count). The molecular weight excluding hydrogens is 366 g/mol. The van der Waals surface area contributed by atoms with E-state index in [2.05, 4.69) is 5.32 Å². The number of thiophene rings is 1. The average Bonchev–Trinajstić information content (AvgIpc) is 3.02. The Bertz CT molecular complexity index is 908. The van der Waals surface area contributed by atoms with Crippen LogP contribution in [0, 0.1) is 0 Å². The van der Waals surface area contributed by atoms with Crippen molar-refractivity contribution in [2.75, 3.05) is 18.5 Å². The van der Waals surface area contributed by atoms with Gasteiger partial charge in [0.05, 0.1) is 5.39 Å². The number of rotatable bonds is 6. The van der Waals surface area contributed by atoms with Crippen molar-refractivity contribution in [1.29, 1.82) is 0 Å². The Morgan fingerprint density at radius 3 is 2.73 bits per heavy atom. The maximum absolute atomic E-state index is 9.10. The Morgan fingerprint density at radius 2 is 1.92 bits per heavy atom. The van der Waals surface area contributed by atoms with Gasteiger partial charge in [-0.2, -0.15) is 0 Å². The predicted molar refractivity (Wildman–Crippen MR) is 109 cm³/mol. The molecule has 136 valence electrons. The molecule has 0 radical (unpaired) electrons. The van der Waals surface area contributed by atoms with Crippen LogP contribution in [0.5, 0.6) is 0 Å². The summed E-state index contributed by atoms with van der Waals surface area (Å²) in [5, 5.41) is 14.5. The fourth-order valence-corrected chi connectivity index (χ4v) is 4.89. The molecule has 3 aromatic rings. The highest BCUT2D eigenvalue weighted by atomic mass is 35.5. The number of halogens is 1. The number of aliphatic hydroxyl groups excluding tert-OH is 1. The molecule has 1 aliphatic carbocycles. The molecule has 0 fully saturated rings. The summed E-state index contributed by atoms with van der Waals surface area (Å²) in [6, 6.07) is 7.85. The monoisotopic (exact) mass is 387 g/mol. The Hall–Kier alpha value is -1.69. The van der Waals surface area contributed by atoms with E-state index in [1.807, 2.05) is 35.6 Å². The minimum atomic E-state index is 0.181. The molecule has 0 unspecified atom stereocenters. The van der Waals surface area contributed by atoms with Gasteiger partial charge in [0, 0.05) is 29.5 Å². The van der Waals surface area contributed by atoms with Crippen LogP contribution in [0.4, 0.5) is 5.82 Å². The van der Waals surface area contributed by atoms with Gasteiger partial charge in [0.2, 0.25) is 0 Å². The minimum absolute atomic E-state index is 0.181. The highest BCUT2D eigenvalue weighted by Gasteiger charge is 2.21. The van der Waals surface area contributed by atoms with E-state index in [0.717, 1.165) is 39.9 Å². The molecule has 6 heteroatoms. The van der Waals surface area contributed by atoms with Gasteiger partial charge in [-0.3, -0.25) is 0 Å². The molecule has 0 spiro atoms. The first-order valence-electron chi connectivity index (χ1n) is 9.15. The Morgan fingerprint density at radius 1 is 1.12 bits per heavy atom. The second-order valence-electron chi connectivity index (χ2n) is 6.69. The third-order valence-corrected chi connectivity index (χ3v) is 6.20. The first-order chi connectivity index (χ1) is 12.7. The molecule has 1 aliphatic rings. The number of hydrogen-bond donors (Lipinski definition) is 2. The number of fused-ring (bicyclic) bond motifs is 3. The summed E-state index contributed by atoms with van der Waals surface area (Å²) >= 11 is 7.81. The molecule has 0 saturated heterocycles. The fourth-order valence-electron chi connectivity index (χ4n) is 3.48. The van der Waals surface area contributed by atoms with Gasteiger partial charge in [0.1, 0.15) is 16.5 Å². The quantitative estimate of drug-likeness (QED) is 0.606. The number of aromatic nitrogens is 2. The largest absolute Gasteiger partial charge is 0.396 e. The maximum Gasteiger partial charge on any atom is 0.138 e. The molecule has 0 amide bonds. The van der Waals surface area contributed by atoms with E-state index < -0.39 is 0 Å². The molecule has 2 N–H and O–H groups in total. The third-order valence-electron chi connectivity index (χ3n) is 4.76. The number of aryl methyl sites for hydroxylation is 2. The molecule has 4 nitrogen and oxygen atoms in total. The summed E-state index contributed by atoms with van der Waals surface area (Å²) in [6.07, 6.45) is 6.16. The van der Waals surface area contributed by atoms with Gasteiger partial charge < -0.3 is 10.4 Å². The van der Waals surface area contributed by atoms with Gasteiger partial charge in [-0.25, -0.2) is 9.97 Å². The van der Waals surface area contributed by atoms with Gasteiger partial charge in [-0.15, -0.1) is 11.3 Å². The molecule has 0 aliphatic heterocycles. The minimum Gasteiger partial charge on any atom is -0.396 e. The lowest BCUT2D eigenvalue weighted by molar-refractivity contribution is 0.292. The lowest BCUT2D eigenvalue weighted by Gasteiger charge is -2.13. The summed E-state index contributed by atoms with van der Waals surface area (Å²) < 4.78 is 0. The summed E-state index contributed by atoms with van der Waals surface area (Å²) in [4.78, 5) is 12.3. The lowest BCUT2D eigenvalue weighted by atomic mass is 9.97. The molecule has 1 aromatic carbocycles. The van der Waals surface area contributed by atoms with Crippen LogP contribution >= 0.6 is 22.9 Å². The zero-order valence-corrected chi connectivity index (χ0v) is 16.2. The second kappa shape index (κ2) is 7.91. The highest BCUT2D eigenvalue weighted by molar-refractivity contribution is 7.19. The molecule has 0 atom stereocenters. The van der Waals surface area contributed by atoms with Crippen LogP contribution in [0.25, 0.3) is 10.2 Å². The average molecular weight is 388 g/mol. The second-order valence-corrected chi connectivity index (χ2v) is 8.21. The summed E-state index contributed by atoms with van der Waals surface area (Å²) in [7, 11) is 0. The van der Waals surface area contributed by atoms with E-state index in [4.69, 9.17) is 26.7 Å². The van der Waals surface area contributed by atoms with Crippen molar-refractivity contribution in [2.24, 2.45) is 0 Å². The van der Waals surface area contributed by atoms with Gasteiger partial charge in [-0.1, -0.05) is 23.7 Å². The van der Waals surface area contributed by atoms with Crippen molar-refractivity contribution in [1.82, 2.24) is 9.97 Å². The molecule has 26 heavy (non-hydrogen) atoms. The van der Waals surface area contributed by atoms with Crippen molar-refractivity contribution in [3.63, 3.8) is 0 Å². The van der Waals surface area contributed by atoms with E-state index in [0.29, 0.717) is 19.4 Å². The molecule has 2 heterocycles. The smallest absolute Gasteiger partial charge is 0.138 e. The number of benzene rings is 1. The van der Waals surface area contributed by atoms with Crippen LogP contribution in [0.3, 0.4) is 0 Å². The molecular formula is C20H22ClN3OS. The zero-order chi connectivity index (χ0) is 17.9. The Labute approximate surface area is 162 Å². The molecule has 0 saturated carbocycles. The van der Waals surface area contributed by atoms with Crippen molar-refractivity contribution in [3.05, 3.63) is 51.1 Å². The van der Waals surface area contributed by atoms with Crippen LogP contribution < -0.4 is 5.32 Å². The van der Waals surface area contributed by atoms with Gasteiger partial charge in [-0.05, 0) is 55.4 Å². The topological polar surface area (TPSA) is 58.0 Å². The zero-order valence-electron chi connectivity index (χ0n) is 14.6. The maximum atomic E-state index is 9.10. The molecule has 0 bridgehead atoms. The van der Waals surface area contributed by atoms with Gasteiger partial charge in [0.25, 0.3) is 0 Å². The van der Waals surface area contributed by atoms with Crippen LogP contribution in [0.1, 0.15) is 41.1 Å². The van der Waals surface area contributed by atoms with Crippen LogP contribution in [-0.4, -0.2) is 28.2 Å². The van der Waals surface area contributed by atoms with Crippen molar-refractivity contribution in [3.8, 4) is 0 Å². The van der Waals surface area contributed by atoms with E-state index >= 15 is 0 Å². The third kappa shape index (κ3) is 3.70. The predicted octanol–water partition coefficient (Wildman–Crippen LogP) is 4.61.